The van der Waals surface area contributed by atoms with Crippen molar-refractivity contribution in [2.45, 2.75) is 26.9 Å². The molecule has 0 N–H and O–H groups in total. The van der Waals surface area contributed by atoms with Gasteiger partial charge in [-0.3, -0.25) is 9.59 Å². The second kappa shape index (κ2) is 4.91. The van der Waals surface area contributed by atoms with E-state index in [0.29, 0.717) is 12.9 Å². The van der Waals surface area contributed by atoms with E-state index in [2.05, 4.69) is 4.74 Å². The second-order valence-electron chi connectivity index (χ2n) is 2.90. The van der Waals surface area contributed by atoms with E-state index < -0.39 is 0 Å². The lowest BCUT2D eigenvalue weighted by Crippen LogP contribution is -1.97. The zero-order chi connectivity index (χ0) is 10.6. The highest BCUT2D eigenvalue weighted by atomic mass is 32.1. The van der Waals surface area contributed by atoms with E-state index >= 15 is 0 Å². The first kappa shape index (κ1) is 10.9. The molecule has 1 aromatic heterocycles. The molecule has 76 valence electrons. The quantitative estimate of drug-likeness (QED) is 0.555. The molecule has 4 heteroatoms. The molecule has 0 unspecified atom stereocenters. The van der Waals surface area contributed by atoms with Gasteiger partial charge in [-0.25, -0.2) is 0 Å². The summed E-state index contributed by atoms with van der Waals surface area (Å²) in [7, 11) is 0. The van der Waals surface area contributed by atoms with Crippen molar-refractivity contribution in [2.24, 2.45) is 0 Å². The van der Waals surface area contributed by atoms with Gasteiger partial charge in [0, 0.05) is 12.0 Å². The molecule has 0 fully saturated rings. The van der Waals surface area contributed by atoms with Crippen LogP contribution in [-0.2, 0) is 16.1 Å². The van der Waals surface area contributed by atoms with Crippen LogP contribution >= 0.6 is 11.3 Å². The molecule has 14 heavy (non-hydrogen) atoms. The molecule has 1 heterocycles. The summed E-state index contributed by atoms with van der Waals surface area (Å²) in [5, 5.41) is 1.86. The monoisotopic (exact) mass is 212 g/mol. The minimum absolute atomic E-state index is 0.143. The van der Waals surface area contributed by atoms with Gasteiger partial charge in [-0.05, 0) is 17.9 Å². The summed E-state index contributed by atoms with van der Waals surface area (Å²) in [4.78, 5) is 22.2. The summed E-state index contributed by atoms with van der Waals surface area (Å²) in [6, 6.07) is 0. The highest BCUT2D eigenvalue weighted by Gasteiger charge is 2.12. The standard InChI is InChI=1S/C10H12O3S/c1-3-9(12)10-7(2)8(5-14-10)4-13-6-11/h5-6H,3-4H2,1-2H3. The molecule has 0 aliphatic rings. The molecule has 0 radical (unpaired) electrons. The van der Waals surface area contributed by atoms with Gasteiger partial charge < -0.3 is 4.74 Å². The molecule has 1 rings (SSSR count). The maximum atomic E-state index is 11.4. The largest absolute Gasteiger partial charge is 0.463 e. The third kappa shape index (κ3) is 2.20. The molecule has 3 nitrogen and oxygen atoms in total. The smallest absolute Gasteiger partial charge is 0.293 e. The number of ether oxygens (including phenoxy) is 1. The summed E-state index contributed by atoms with van der Waals surface area (Å²) >= 11 is 1.41. The zero-order valence-electron chi connectivity index (χ0n) is 8.20. The van der Waals surface area contributed by atoms with Gasteiger partial charge >= 0.3 is 0 Å². The Morgan fingerprint density at radius 1 is 1.64 bits per heavy atom. The lowest BCUT2D eigenvalue weighted by Gasteiger charge is -1.99. The minimum Gasteiger partial charge on any atom is -0.463 e. The van der Waals surface area contributed by atoms with E-state index in [0.717, 1.165) is 16.0 Å². The summed E-state index contributed by atoms with van der Waals surface area (Å²) < 4.78 is 4.64. The van der Waals surface area contributed by atoms with Gasteiger partial charge in [-0.2, -0.15) is 0 Å². The van der Waals surface area contributed by atoms with Gasteiger partial charge in [0.15, 0.2) is 5.78 Å². The first-order valence-electron chi connectivity index (χ1n) is 4.36. The normalized spacial score (nSPS) is 9.86. The Balaban J connectivity index is 2.84. The molecule has 0 aliphatic heterocycles. The van der Waals surface area contributed by atoms with Crippen molar-refractivity contribution in [3.8, 4) is 0 Å². The molecule has 0 spiro atoms. The highest BCUT2D eigenvalue weighted by Crippen LogP contribution is 2.23. The number of rotatable bonds is 5. The Labute approximate surface area is 86.7 Å². The fraction of sp³-hybridized carbons (Fsp3) is 0.400. The molecule has 0 saturated carbocycles. The third-order valence-corrected chi connectivity index (χ3v) is 3.19. The third-order valence-electron chi connectivity index (χ3n) is 2.02. The van der Waals surface area contributed by atoms with Gasteiger partial charge in [0.1, 0.15) is 6.61 Å². The number of Topliss-reactive ketones (excluding diaryl/α,β-unsaturated/α-hetero) is 1. The van der Waals surface area contributed by atoms with E-state index in [1.54, 1.807) is 0 Å². The Kier molecular flexibility index (Phi) is 3.83. The molecule has 0 atom stereocenters. The average Bonchev–Trinajstić information content (AvgIpc) is 2.56. The number of hydrogen-bond donors (Lipinski definition) is 0. The molecule has 0 aliphatic carbocycles. The van der Waals surface area contributed by atoms with E-state index in [9.17, 15) is 9.59 Å². The molecule has 1 aromatic rings. The van der Waals surface area contributed by atoms with E-state index in [-0.39, 0.29) is 12.4 Å². The average molecular weight is 212 g/mol. The molecular formula is C10H12O3S. The molecule has 0 aromatic carbocycles. The van der Waals surface area contributed by atoms with Crippen LogP contribution in [0.5, 0.6) is 0 Å². The Morgan fingerprint density at radius 3 is 2.93 bits per heavy atom. The number of carbonyl (C=O) groups is 2. The summed E-state index contributed by atoms with van der Waals surface area (Å²) in [5.74, 6) is 0.143. The Bertz CT molecular complexity index is 341. The van der Waals surface area contributed by atoms with Crippen LogP contribution in [0.2, 0.25) is 0 Å². The van der Waals surface area contributed by atoms with Crippen LogP contribution in [0.15, 0.2) is 5.38 Å². The van der Waals surface area contributed by atoms with E-state index in [4.69, 9.17) is 0 Å². The van der Waals surface area contributed by atoms with Gasteiger partial charge in [-0.1, -0.05) is 6.92 Å². The Morgan fingerprint density at radius 2 is 2.36 bits per heavy atom. The summed E-state index contributed by atoms with van der Waals surface area (Å²) in [6.07, 6.45) is 0.509. The van der Waals surface area contributed by atoms with Crippen LogP contribution in [0.3, 0.4) is 0 Å². The number of ketones is 1. The van der Waals surface area contributed by atoms with E-state index in [1.807, 2.05) is 19.2 Å². The topological polar surface area (TPSA) is 43.4 Å². The molecule has 0 saturated heterocycles. The molecule has 0 amide bonds. The predicted molar refractivity (Wildman–Crippen MR) is 54.5 cm³/mol. The zero-order valence-corrected chi connectivity index (χ0v) is 9.02. The number of thiophene rings is 1. The lowest BCUT2D eigenvalue weighted by molar-refractivity contribution is -0.129. The van der Waals surface area contributed by atoms with Gasteiger partial charge in [0.05, 0.1) is 4.88 Å². The van der Waals surface area contributed by atoms with Crippen LogP contribution in [0.25, 0.3) is 0 Å². The van der Waals surface area contributed by atoms with Gasteiger partial charge in [-0.15, -0.1) is 11.3 Å². The maximum absolute atomic E-state index is 11.4. The van der Waals surface area contributed by atoms with E-state index in [1.165, 1.54) is 11.3 Å². The number of hydrogen-bond acceptors (Lipinski definition) is 4. The summed E-state index contributed by atoms with van der Waals surface area (Å²) in [6.45, 7) is 4.38. The fourth-order valence-corrected chi connectivity index (χ4v) is 2.24. The first-order chi connectivity index (χ1) is 6.70. The van der Waals surface area contributed by atoms with Crippen molar-refractivity contribution < 1.29 is 14.3 Å². The van der Waals surface area contributed by atoms with Crippen LogP contribution in [0.4, 0.5) is 0 Å². The van der Waals surface area contributed by atoms with Crippen molar-refractivity contribution in [1.29, 1.82) is 0 Å². The SMILES string of the molecule is CCC(=O)c1scc(COC=O)c1C. The van der Waals surface area contributed by atoms with Crippen molar-refractivity contribution in [3.05, 3.63) is 21.4 Å². The minimum atomic E-state index is 0.143. The van der Waals surface area contributed by atoms with Crippen LogP contribution < -0.4 is 0 Å². The molecule has 0 bridgehead atoms. The van der Waals surface area contributed by atoms with Crippen LogP contribution in [0, 0.1) is 6.92 Å². The summed E-state index contributed by atoms with van der Waals surface area (Å²) in [5.41, 5.74) is 1.85. The molecular weight excluding hydrogens is 200 g/mol. The van der Waals surface area contributed by atoms with Gasteiger partial charge in [0.2, 0.25) is 0 Å². The fourth-order valence-electron chi connectivity index (χ4n) is 1.15. The van der Waals surface area contributed by atoms with Crippen molar-refractivity contribution in [1.82, 2.24) is 0 Å². The first-order valence-corrected chi connectivity index (χ1v) is 5.24. The maximum Gasteiger partial charge on any atom is 0.293 e. The number of carbonyl (C=O) groups excluding carboxylic acids is 2. The Hall–Kier alpha value is -1.16. The van der Waals surface area contributed by atoms with Gasteiger partial charge in [0.25, 0.3) is 6.47 Å². The second-order valence-corrected chi connectivity index (χ2v) is 3.78. The van der Waals surface area contributed by atoms with Crippen LogP contribution in [-0.4, -0.2) is 12.3 Å². The van der Waals surface area contributed by atoms with Crippen molar-refractivity contribution in [2.75, 3.05) is 0 Å². The lowest BCUT2D eigenvalue weighted by atomic mass is 10.1. The van der Waals surface area contributed by atoms with Crippen molar-refractivity contribution in [3.63, 3.8) is 0 Å². The predicted octanol–water partition coefficient (Wildman–Crippen LogP) is 2.32. The van der Waals surface area contributed by atoms with Crippen LogP contribution in [0.1, 0.15) is 34.1 Å². The van der Waals surface area contributed by atoms with Crippen molar-refractivity contribution >= 4 is 23.6 Å². The highest BCUT2D eigenvalue weighted by molar-refractivity contribution is 7.12.